The third kappa shape index (κ3) is 1.32. The molecule has 7 heteroatoms. The molecular weight excluding hydrogens is 224 g/mol. The van der Waals surface area contributed by atoms with Gasteiger partial charge in [0.2, 0.25) is 11.2 Å². The van der Waals surface area contributed by atoms with E-state index < -0.39 is 8.07 Å². The van der Waals surface area contributed by atoms with Gasteiger partial charge in [0, 0.05) is 0 Å². The molecule has 16 heavy (non-hydrogen) atoms. The third-order valence-electron chi connectivity index (χ3n) is 2.40. The van der Waals surface area contributed by atoms with E-state index in [1.54, 1.807) is 0 Å². The van der Waals surface area contributed by atoms with E-state index in [9.17, 15) is 10.0 Å². The summed E-state index contributed by atoms with van der Waals surface area (Å²) in [5, 5.41) is 12.3. The topological polar surface area (TPSA) is 94.9 Å². The molecule has 0 spiro atoms. The maximum atomic E-state index is 12.0. The lowest BCUT2D eigenvalue weighted by Gasteiger charge is -2.12. The Balaban J connectivity index is 2.73. The molecule has 84 valence electrons. The van der Waals surface area contributed by atoms with Crippen molar-refractivity contribution in [2.45, 2.75) is 19.6 Å². The Labute approximate surface area is 93.4 Å². The molecule has 0 unspecified atom stereocenters. The van der Waals surface area contributed by atoms with Gasteiger partial charge in [-0.25, -0.2) is 9.97 Å². The van der Waals surface area contributed by atoms with Crippen LogP contribution in [-0.4, -0.2) is 33.9 Å². The molecule has 1 aliphatic heterocycles. The molecule has 0 aromatic carbocycles. The Morgan fingerprint density at radius 3 is 2.50 bits per heavy atom. The molecule has 0 saturated heterocycles. The molecule has 0 bridgehead atoms. The minimum atomic E-state index is -2.01. The number of rotatable bonds is 1. The molecule has 0 amide bonds. The largest absolute Gasteiger partial charge is 0.618 e. The van der Waals surface area contributed by atoms with E-state index in [1.165, 1.54) is 6.33 Å². The summed E-state index contributed by atoms with van der Waals surface area (Å²) < 4.78 is 0.610. The van der Waals surface area contributed by atoms with Crippen LogP contribution in [0, 0.1) is 5.21 Å². The van der Waals surface area contributed by atoms with Gasteiger partial charge in [0.25, 0.3) is 11.5 Å². The molecule has 0 atom stereocenters. The zero-order valence-corrected chi connectivity index (χ0v) is 10.3. The fourth-order valence-electron chi connectivity index (χ4n) is 1.72. The normalized spacial score (nSPS) is 15.6. The summed E-state index contributed by atoms with van der Waals surface area (Å²) in [5.41, 5.74) is 5.81. The van der Waals surface area contributed by atoms with Crippen LogP contribution in [0.1, 0.15) is 10.5 Å². The standard InChI is InChI=1S/C9H12N4O2Si/c1-16(2,3)9-7(14)5-6(13(9)15)8(10)12-4-11-5/h4H,1-3H3,(H2,10,11,12). The predicted molar refractivity (Wildman–Crippen MR) is 62.4 cm³/mol. The molecule has 2 N–H and O–H groups in total. The Bertz CT molecular complexity index is 519. The molecule has 6 nitrogen and oxygen atoms in total. The van der Waals surface area contributed by atoms with Crippen LogP contribution >= 0.6 is 0 Å². The molecule has 0 fully saturated rings. The number of anilines is 1. The minimum Gasteiger partial charge on any atom is -0.618 e. The fraction of sp³-hybridized carbons (Fsp3) is 0.333. The van der Waals surface area contributed by atoms with Gasteiger partial charge in [-0.3, -0.25) is 4.79 Å². The molecule has 1 aromatic heterocycles. The lowest BCUT2D eigenvalue weighted by molar-refractivity contribution is -0.353. The van der Waals surface area contributed by atoms with Gasteiger partial charge in [-0.1, -0.05) is 19.6 Å². The van der Waals surface area contributed by atoms with E-state index in [0.717, 1.165) is 0 Å². The van der Waals surface area contributed by atoms with Crippen molar-refractivity contribution in [1.29, 1.82) is 0 Å². The van der Waals surface area contributed by atoms with Gasteiger partial charge in [-0.15, -0.1) is 0 Å². The van der Waals surface area contributed by atoms with Crippen molar-refractivity contribution in [3.05, 3.63) is 17.2 Å². The Kier molecular flexibility index (Phi) is 2.09. The highest BCUT2D eigenvalue weighted by Gasteiger charge is 2.46. The number of aromatic nitrogens is 2. The number of nitrogens with zero attached hydrogens (tertiary/aromatic N) is 3. The lowest BCUT2D eigenvalue weighted by atomic mass is 10.3. The molecule has 1 aliphatic rings. The molecule has 0 saturated carbocycles. The number of carbonyl (C=O) groups excluding carboxylic acids is 1. The molecular formula is C9H12N4O2Si. The van der Waals surface area contributed by atoms with Gasteiger partial charge in [0.15, 0.2) is 13.8 Å². The predicted octanol–water partition coefficient (Wildman–Crippen LogP) is 0.715. The van der Waals surface area contributed by atoms with Gasteiger partial charge in [-0.05, 0) is 0 Å². The van der Waals surface area contributed by atoms with Crippen molar-refractivity contribution in [3.8, 4) is 0 Å². The first kappa shape index (κ1) is 10.7. The van der Waals surface area contributed by atoms with Gasteiger partial charge in [0.1, 0.15) is 6.33 Å². The van der Waals surface area contributed by atoms with Crippen molar-refractivity contribution in [1.82, 2.24) is 9.97 Å². The second-order valence-corrected chi connectivity index (χ2v) is 9.65. The zero-order chi connectivity index (χ0) is 12.1. The molecule has 1 aromatic rings. The first-order valence-electron chi connectivity index (χ1n) is 4.84. The summed E-state index contributed by atoms with van der Waals surface area (Å²) in [6.45, 7) is 5.79. The van der Waals surface area contributed by atoms with E-state index in [0.29, 0.717) is 4.74 Å². The lowest BCUT2D eigenvalue weighted by Crippen LogP contribution is -2.41. The molecule has 0 radical (unpaired) electrons. The highest BCUT2D eigenvalue weighted by molar-refractivity contribution is 7.13. The van der Waals surface area contributed by atoms with Gasteiger partial charge >= 0.3 is 0 Å². The summed E-state index contributed by atoms with van der Waals surface area (Å²) in [6, 6.07) is 0. The van der Waals surface area contributed by atoms with Crippen molar-refractivity contribution >= 4 is 30.7 Å². The summed E-state index contributed by atoms with van der Waals surface area (Å²) >= 11 is 0. The van der Waals surface area contributed by atoms with E-state index in [-0.39, 0.29) is 28.3 Å². The second kappa shape index (κ2) is 3.11. The first-order valence-corrected chi connectivity index (χ1v) is 8.34. The molecule has 2 heterocycles. The van der Waals surface area contributed by atoms with Crippen LogP contribution in [0.25, 0.3) is 0 Å². The number of nitrogen functional groups attached to an aromatic ring is 1. The van der Waals surface area contributed by atoms with E-state index in [1.807, 2.05) is 19.6 Å². The van der Waals surface area contributed by atoms with E-state index in [2.05, 4.69) is 9.97 Å². The van der Waals surface area contributed by atoms with Crippen LogP contribution in [0.15, 0.2) is 6.33 Å². The van der Waals surface area contributed by atoms with Gasteiger partial charge in [-0.2, -0.15) is 4.74 Å². The van der Waals surface area contributed by atoms with Crippen molar-refractivity contribution in [2.75, 3.05) is 5.73 Å². The maximum Gasteiger partial charge on any atom is 0.289 e. The number of fused-ring (bicyclic) bond motifs is 1. The Hall–Kier alpha value is -1.76. The monoisotopic (exact) mass is 236 g/mol. The van der Waals surface area contributed by atoms with Crippen LogP contribution < -0.4 is 5.73 Å². The smallest absolute Gasteiger partial charge is 0.289 e. The summed E-state index contributed by atoms with van der Waals surface area (Å²) in [4.78, 5) is 19.6. The maximum absolute atomic E-state index is 12.0. The van der Waals surface area contributed by atoms with Crippen LogP contribution in [0.2, 0.25) is 19.6 Å². The SMILES string of the molecule is C[Si](C)(C)C1=[N+]([O-])c2c(N)ncnc2C1=O. The average molecular weight is 236 g/mol. The number of carbonyl (C=O) groups is 1. The van der Waals surface area contributed by atoms with Crippen LogP contribution in [0.3, 0.4) is 0 Å². The Morgan fingerprint density at radius 1 is 1.38 bits per heavy atom. The number of ketones is 1. The summed E-state index contributed by atoms with van der Waals surface area (Å²) in [6.07, 6.45) is 1.20. The average Bonchev–Trinajstić information content (AvgIpc) is 2.39. The quantitative estimate of drug-likeness (QED) is 0.440. The molecule has 0 aliphatic carbocycles. The first-order chi connectivity index (χ1) is 7.34. The van der Waals surface area contributed by atoms with Crippen LogP contribution in [-0.2, 0) is 0 Å². The van der Waals surface area contributed by atoms with Crippen molar-refractivity contribution in [3.63, 3.8) is 0 Å². The number of Topliss-reactive ketones (excluding diaryl/α,β-unsaturated/α-hetero) is 1. The zero-order valence-electron chi connectivity index (χ0n) is 9.31. The van der Waals surface area contributed by atoms with Crippen molar-refractivity contribution in [2.24, 2.45) is 0 Å². The number of hydrogen-bond donors (Lipinski definition) is 1. The van der Waals surface area contributed by atoms with E-state index >= 15 is 0 Å². The second-order valence-electron chi connectivity index (χ2n) is 4.68. The molecule has 2 rings (SSSR count). The number of nitrogens with two attached hydrogens (primary N) is 1. The summed E-state index contributed by atoms with van der Waals surface area (Å²) in [5.74, 6) is -0.250. The van der Waals surface area contributed by atoms with E-state index in [4.69, 9.17) is 5.73 Å². The number of hydrogen-bond acceptors (Lipinski definition) is 5. The van der Waals surface area contributed by atoms with Gasteiger partial charge in [0.05, 0.1) is 0 Å². The Morgan fingerprint density at radius 2 is 2.00 bits per heavy atom. The van der Waals surface area contributed by atoms with Gasteiger partial charge < -0.3 is 10.9 Å². The summed E-state index contributed by atoms with van der Waals surface area (Å²) in [7, 11) is -2.01. The third-order valence-corrected chi connectivity index (χ3v) is 4.25. The van der Waals surface area contributed by atoms with Crippen molar-refractivity contribution < 1.29 is 9.53 Å². The van der Waals surface area contributed by atoms with Crippen LogP contribution in [0.5, 0.6) is 0 Å². The fourth-order valence-corrected chi connectivity index (χ4v) is 3.24. The van der Waals surface area contributed by atoms with Crippen LogP contribution in [0.4, 0.5) is 11.5 Å². The highest BCUT2D eigenvalue weighted by atomic mass is 28.3. The highest BCUT2D eigenvalue weighted by Crippen LogP contribution is 2.30. The minimum absolute atomic E-state index is 0.0570.